The van der Waals surface area contributed by atoms with Gasteiger partial charge in [0, 0.05) is 50.2 Å². The number of likely N-dealkylation sites (tertiary alicyclic amines) is 1. The van der Waals surface area contributed by atoms with Crippen molar-refractivity contribution in [1.82, 2.24) is 24.2 Å². The molecular formula is C16H23N5O3. The molecular weight excluding hydrogens is 310 g/mol. The van der Waals surface area contributed by atoms with Gasteiger partial charge >= 0.3 is 5.69 Å². The SMILES string of the molecule is Cc1cn([C@H]2CCN(Cc3cnn(C)c3)CC[C@@H]2O)c(=O)[nH]c1=O. The van der Waals surface area contributed by atoms with Crippen LogP contribution in [0.25, 0.3) is 0 Å². The van der Waals surface area contributed by atoms with Crippen LogP contribution in [0.15, 0.2) is 28.2 Å². The molecule has 2 aromatic rings. The Morgan fingerprint density at radius 3 is 2.75 bits per heavy atom. The molecule has 0 aliphatic carbocycles. The maximum absolute atomic E-state index is 12.1. The van der Waals surface area contributed by atoms with Crippen molar-refractivity contribution in [1.29, 1.82) is 0 Å². The Kier molecular flexibility index (Phi) is 4.68. The first kappa shape index (κ1) is 16.7. The van der Waals surface area contributed by atoms with Gasteiger partial charge in [-0.15, -0.1) is 0 Å². The van der Waals surface area contributed by atoms with Crippen molar-refractivity contribution >= 4 is 0 Å². The lowest BCUT2D eigenvalue weighted by molar-refractivity contribution is 0.105. The summed E-state index contributed by atoms with van der Waals surface area (Å²) in [6, 6.07) is -0.327. The second-order valence-corrected chi connectivity index (χ2v) is 6.49. The van der Waals surface area contributed by atoms with Gasteiger partial charge in [-0.25, -0.2) is 4.79 Å². The van der Waals surface area contributed by atoms with Crippen molar-refractivity contribution in [2.45, 2.75) is 38.5 Å². The fraction of sp³-hybridized carbons (Fsp3) is 0.562. The molecule has 0 aromatic carbocycles. The van der Waals surface area contributed by atoms with E-state index in [9.17, 15) is 14.7 Å². The number of aryl methyl sites for hydroxylation is 2. The predicted octanol–water partition coefficient (Wildman–Crippen LogP) is -0.223. The van der Waals surface area contributed by atoms with Gasteiger partial charge in [-0.3, -0.25) is 23.9 Å². The smallest absolute Gasteiger partial charge is 0.328 e. The summed E-state index contributed by atoms with van der Waals surface area (Å²) in [6.07, 6.45) is 5.98. The van der Waals surface area contributed by atoms with Gasteiger partial charge in [0.15, 0.2) is 0 Å². The highest BCUT2D eigenvalue weighted by molar-refractivity contribution is 5.05. The van der Waals surface area contributed by atoms with E-state index in [1.807, 2.05) is 19.4 Å². The number of hydrogen-bond donors (Lipinski definition) is 2. The van der Waals surface area contributed by atoms with Gasteiger partial charge in [0.2, 0.25) is 0 Å². The Morgan fingerprint density at radius 2 is 2.04 bits per heavy atom. The van der Waals surface area contributed by atoms with Crippen LogP contribution in [0.2, 0.25) is 0 Å². The zero-order chi connectivity index (χ0) is 17.3. The van der Waals surface area contributed by atoms with Gasteiger partial charge in [0.05, 0.1) is 18.3 Å². The number of H-pyrrole nitrogens is 1. The van der Waals surface area contributed by atoms with Gasteiger partial charge in [-0.2, -0.15) is 5.10 Å². The number of rotatable bonds is 3. The maximum Gasteiger partial charge on any atom is 0.328 e. The van der Waals surface area contributed by atoms with Crippen LogP contribution >= 0.6 is 0 Å². The second-order valence-electron chi connectivity index (χ2n) is 6.49. The lowest BCUT2D eigenvalue weighted by Crippen LogP contribution is -2.37. The van der Waals surface area contributed by atoms with E-state index in [4.69, 9.17) is 0 Å². The number of nitrogens with zero attached hydrogens (tertiary/aromatic N) is 4. The molecule has 0 unspecified atom stereocenters. The molecule has 8 heteroatoms. The third kappa shape index (κ3) is 3.49. The zero-order valence-electron chi connectivity index (χ0n) is 14.0. The molecule has 24 heavy (non-hydrogen) atoms. The van der Waals surface area contributed by atoms with E-state index in [2.05, 4.69) is 15.0 Å². The minimum atomic E-state index is -0.619. The van der Waals surface area contributed by atoms with Crippen LogP contribution in [0.3, 0.4) is 0 Å². The topological polar surface area (TPSA) is 96.2 Å². The first-order valence-corrected chi connectivity index (χ1v) is 8.14. The van der Waals surface area contributed by atoms with Crippen LogP contribution in [-0.4, -0.2) is 48.5 Å². The Labute approximate surface area is 139 Å². The predicted molar refractivity (Wildman–Crippen MR) is 88.8 cm³/mol. The number of aromatic nitrogens is 4. The van der Waals surface area contributed by atoms with Crippen LogP contribution < -0.4 is 11.2 Å². The van der Waals surface area contributed by atoms with E-state index in [-0.39, 0.29) is 11.6 Å². The summed E-state index contributed by atoms with van der Waals surface area (Å²) in [7, 11) is 1.89. The molecule has 0 bridgehead atoms. The lowest BCUT2D eigenvalue weighted by Gasteiger charge is -2.22. The van der Waals surface area contributed by atoms with Crippen molar-refractivity contribution in [2.75, 3.05) is 13.1 Å². The summed E-state index contributed by atoms with van der Waals surface area (Å²) >= 11 is 0. The average molecular weight is 333 g/mol. The van der Waals surface area contributed by atoms with Gasteiger partial charge in [0.1, 0.15) is 0 Å². The highest BCUT2D eigenvalue weighted by Gasteiger charge is 2.27. The molecule has 2 aromatic heterocycles. The number of aliphatic hydroxyl groups is 1. The summed E-state index contributed by atoms with van der Waals surface area (Å²) < 4.78 is 3.24. The number of aromatic amines is 1. The molecule has 1 saturated heterocycles. The third-order valence-corrected chi connectivity index (χ3v) is 4.59. The summed E-state index contributed by atoms with van der Waals surface area (Å²) in [5, 5.41) is 14.7. The summed E-state index contributed by atoms with van der Waals surface area (Å²) in [5.74, 6) is 0. The molecule has 0 amide bonds. The van der Waals surface area contributed by atoms with Crippen molar-refractivity contribution in [3.05, 3.63) is 50.6 Å². The molecule has 8 nitrogen and oxygen atoms in total. The molecule has 1 fully saturated rings. The first-order chi connectivity index (χ1) is 11.4. The molecule has 0 saturated carbocycles. The fourth-order valence-corrected chi connectivity index (χ4v) is 3.25. The van der Waals surface area contributed by atoms with Crippen molar-refractivity contribution in [3.63, 3.8) is 0 Å². The largest absolute Gasteiger partial charge is 0.391 e. The standard InChI is InChI=1S/C16H23N5O3/c1-11-8-21(16(24)18-15(11)23)13-3-5-20(6-4-14(13)22)10-12-7-17-19(2)9-12/h7-9,13-14,22H,3-6,10H2,1-2H3,(H,18,23,24)/t13-,14-/m0/s1. The van der Waals surface area contributed by atoms with Crippen molar-refractivity contribution in [3.8, 4) is 0 Å². The normalized spacial score (nSPS) is 22.5. The molecule has 2 N–H and O–H groups in total. The molecule has 2 atom stereocenters. The second kappa shape index (κ2) is 6.74. The number of hydrogen-bond acceptors (Lipinski definition) is 5. The molecule has 3 heterocycles. The molecule has 1 aliphatic heterocycles. The van der Waals surface area contributed by atoms with Gasteiger partial charge < -0.3 is 5.11 Å². The number of nitrogens with one attached hydrogen (secondary N) is 1. The van der Waals surface area contributed by atoms with Gasteiger partial charge in [-0.1, -0.05) is 0 Å². The summed E-state index contributed by atoms with van der Waals surface area (Å²) in [5.41, 5.74) is 0.758. The zero-order valence-corrected chi connectivity index (χ0v) is 14.0. The van der Waals surface area contributed by atoms with Crippen LogP contribution in [-0.2, 0) is 13.6 Å². The molecule has 0 spiro atoms. The molecule has 3 rings (SSSR count). The van der Waals surface area contributed by atoms with Crippen LogP contribution in [0.5, 0.6) is 0 Å². The Balaban J connectivity index is 1.76. The lowest BCUT2D eigenvalue weighted by atomic mass is 10.1. The minimum Gasteiger partial charge on any atom is -0.391 e. The van der Waals surface area contributed by atoms with E-state index in [1.54, 1.807) is 17.8 Å². The fourth-order valence-electron chi connectivity index (χ4n) is 3.25. The average Bonchev–Trinajstić information content (AvgIpc) is 2.85. The highest BCUT2D eigenvalue weighted by Crippen LogP contribution is 2.22. The maximum atomic E-state index is 12.1. The van der Waals surface area contributed by atoms with Gasteiger partial charge in [0.25, 0.3) is 5.56 Å². The highest BCUT2D eigenvalue weighted by atomic mass is 16.3. The van der Waals surface area contributed by atoms with E-state index >= 15 is 0 Å². The Hall–Kier alpha value is -2.19. The van der Waals surface area contributed by atoms with E-state index < -0.39 is 11.8 Å². The summed E-state index contributed by atoms with van der Waals surface area (Å²) in [6.45, 7) is 3.95. The first-order valence-electron chi connectivity index (χ1n) is 8.14. The van der Waals surface area contributed by atoms with E-state index in [1.165, 1.54) is 4.57 Å². The third-order valence-electron chi connectivity index (χ3n) is 4.59. The van der Waals surface area contributed by atoms with Crippen molar-refractivity contribution < 1.29 is 5.11 Å². The molecule has 1 aliphatic rings. The Morgan fingerprint density at radius 1 is 1.29 bits per heavy atom. The van der Waals surface area contributed by atoms with Gasteiger partial charge in [-0.05, 0) is 19.8 Å². The quantitative estimate of drug-likeness (QED) is 0.809. The van der Waals surface area contributed by atoms with Crippen LogP contribution in [0.4, 0.5) is 0 Å². The monoisotopic (exact) mass is 333 g/mol. The van der Waals surface area contributed by atoms with Crippen LogP contribution in [0, 0.1) is 6.92 Å². The van der Waals surface area contributed by atoms with Crippen LogP contribution in [0.1, 0.15) is 30.0 Å². The summed E-state index contributed by atoms with van der Waals surface area (Å²) in [4.78, 5) is 28.2. The molecule has 130 valence electrons. The van der Waals surface area contributed by atoms with E-state index in [0.717, 1.165) is 25.2 Å². The van der Waals surface area contributed by atoms with E-state index in [0.29, 0.717) is 18.4 Å². The minimum absolute atomic E-state index is 0.327. The molecule has 0 radical (unpaired) electrons. The Bertz CT molecular complexity index is 822. The number of aliphatic hydroxyl groups excluding tert-OH is 1. The van der Waals surface area contributed by atoms with Crippen molar-refractivity contribution in [2.24, 2.45) is 7.05 Å².